The highest BCUT2D eigenvalue weighted by Crippen LogP contribution is 2.39. The fourth-order valence-corrected chi connectivity index (χ4v) is 3.87. The van der Waals surface area contributed by atoms with Crippen LogP contribution in [0.4, 0.5) is 0 Å². The van der Waals surface area contributed by atoms with Crippen molar-refractivity contribution >= 4 is 0 Å². The maximum absolute atomic E-state index is 9.66. The molecule has 0 radical (unpaired) electrons. The lowest BCUT2D eigenvalue weighted by Gasteiger charge is -2.34. The van der Waals surface area contributed by atoms with E-state index < -0.39 is 6.10 Å². The van der Waals surface area contributed by atoms with Crippen molar-refractivity contribution in [3.05, 3.63) is 70.8 Å². The van der Waals surface area contributed by atoms with Crippen LogP contribution in [0.25, 0.3) is 0 Å². The Bertz CT molecular complexity index is 763. The van der Waals surface area contributed by atoms with Crippen LogP contribution in [0, 0.1) is 11.3 Å². The van der Waals surface area contributed by atoms with Gasteiger partial charge in [-0.3, -0.25) is 4.90 Å². The van der Waals surface area contributed by atoms with Crippen molar-refractivity contribution in [2.75, 3.05) is 26.3 Å². The minimum absolute atomic E-state index is 0.0350. The molecule has 0 aromatic heterocycles. The molecule has 4 rings (SSSR count). The maximum Gasteiger partial charge on any atom is 0.155 e. The van der Waals surface area contributed by atoms with E-state index in [1.54, 1.807) is 0 Å². The van der Waals surface area contributed by atoms with Gasteiger partial charge >= 0.3 is 0 Å². The molecule has 0 bridgehead atoms. The van der Waals surface area contributed by atoms with E-state index in [0.717, 1.165) is 38.4 Å². The molecule has 2 aliphatic rings. The zero-order chi connectivity index (χ0) is 17.1. The zero-order valence-electron chi connectivity index (χ0n) is 14.2. The Labute approximate surface area is 148 Å². The van der Waals surface area contributed by atoms with Crippen LogP contribution in [0.2, 0.25) is 0 Å². The maximum atomic E-state index is 9.66. The van der Waals surface area contributed by atoms with Crippen molar-refractivity contribution in [1.29, 1.82) is 5.26 Å². The molecule has 128 valence electrons. The lowest BCUT2D eigenvalue weighted by Crippen LogP contribution is -2.37. The predicted molar refractivity (Wildman–Crippen MR) is 95.0 cm³/mol. The van der Waals surface area contributed by atoms with Gasteiger partial charge in [0.2, 0.25) is 0 Å². The first-order valence-electron chi connectivity index (χ1n) is 8.84. The highest BCUT2D eigenvalue weighted by molar-refractivity contribution is 5.46. The Morgan fingerprint density at radius 1 is 1.04 bits per heavy atom. The van der Waals surface area contributed by atoms with Gasteiger partial charge in [0.25, 0.3) is 0 Å². The van der Waals surface area contributed by atoms with E-state index in [4.69, 9.17) is 9.47 Å². The van der Waals surface area contributed by atoms with Gasteiger partial charge in [0.15, 0.2) is 6.10 Å². The predicted octanol–water partition coefficient (Wildman–Crippen LogP) is 3.07. The van der Waals surface area contributed by atoms with E-state index >= 15 is 0 Å². The van der Waals surface area contributed by atoms with Crippen LogP contribution in [0.5, 0.6) is 0 Å². The first kappa shape index (κ1) is 16.3. The minimum Gasteiger partial charge on any atom is -0.379 e. The van der Waals surface area contributed by atoms with E-state index in [1.165, 1.54) is 16.7 Å². The largest absolute Gasteiger partial charge is 0.379 e. The number of benzene rings is 2. The molecule has 0 spiro atoms. The van der Waals surface area contributed by atoms with Gasteiger partial charge in [-0.1, -0.05) is 48.5 Å². The summed E-state index contributed by atoms with van der Waals surface area (Å²) in [6.45, 7) is 4.90. The summed E-state index contributed by atoms with van der Waals surface area (Å²) < 4.78 is 11.3. The van der Waals surface area contributed by atoms with Crippen LogP contribution in [-0.4, -0.2) is 37.3 Å². The van der Waals surface area contributed by atoms with Crippen molar-refractivity contribution in [1.82, 2.24) is 4.90 Å². The van der Waals surface area contributed by atoms with Crippen LogP contribution < -0.4 is 0 Å². The fraction of sp³-hybridized carbons (Fsp3) is 0.381. The quantitative estimate of drug-likeness (QED) is 0.865. The van der Waals surface area contributed by atoms with Crippen molar-refractivity contribution in [3.63, 3.8) is 0 Å². The van der Waals surface area contributed by atoms with Gasteiger partial charge in [-0.25, -0.2) is 0 Å². The molecule has 2 aromatic rings. The van der Waals surface area contributed by atoms with E-state index in [2.05, 4.69) is 41.3 Å². The van der Waals surface area contributed by atoms with Gasteiger partial charge < -0.3 is 9.47 Å². The zero-order valence-corrected chi connectivity index (χ0v) is 14.2. The first-order chi connectivity index (χ1) is 12.4. The number of nitriles is 1. The van der Waals surface area contributed by atoms with Gasteiger partial charge in [0.05, 0.1) is 25.9 Å². The van der Waals surface area contributed by atoms with Crippen LogP contribution in [0.15, 0.2) is 48.5 Å². The van der Waals surface area contributed by atoms with Crippen molar-refractivity contribution in [2.24, 2.45) is 0 Å². The molecule has 1 fully saturated rings. The SMILES string of the molecule is N#CC1OCc2cccc(CN3CCOCC3)c2C1c1ccccc1. The van der Waals surface area contributed by atoms with Crippen molar-refractivity contribution in [2.45, 2.75) is 25.2 Å². The third-order valence-electron chi connectivity index (χ3n) is 5.10. The van der Waals surface area contributed by atoms with Gasteiger partial charge in [0, 0.05) is 25.6 Å². The molecule has 4 nitrogen and oxygen atoms in total. The molecule has 2 atom stereocenters. The Morgan fingerprint density at radius 3 is 2.60 bits per heavy atom. The molecule has 2 unspecified atom stereocenters. The monoisotopic (exact) mass is 334 g/mol. The van der Waals surface area contributed by atoms with Crippen LogP contribution in [0.3, 0.4) is 0 Å². The van der Waals surface area contributed by atoms with Crippen LogP contribution >= 0.6 is 0 Å². The molecule has 4 heteroatoms. The van der Waals surface area contributed by atoms with Crippen LogP contribution in [0.1, 0.15) is 28.2 Å². The lowest BCUT2D eigenvalue weighted by atomic mass is 9.80. The summed E-state index contributed by atoms with van der Waals surface area (Å²) in [7, 11) is 0. The van der Waals surface area contributed by atoms with E-state index in [9.17, 15) is 5.26 Å². The normalized spacial score (nSPS) is 23.6. The number of ether oxygens (including phenoxy) is 2. The highest BCUT2D eigenvalue weighted by atomic mass is 16.5. The molecule has 25 heavy (non-hydrogen) atoms. The topological polar surface area (TPSA) is 45.5 Å². The number of rotatable bonds is 3. The summed E-state index contributed by atoms with van der Waals surface area (Å²) in [6.07, 6.45) is -0.444. The number of morpholine rings is 1. The smallest absolute Gasteiger partial charge is 0.155 e. The average molecular weight is 334 g/mol. The van der Waals surface area contributed by atoms with Gasteiger partial charge in [-0.2, -0.15) is 5.26 Å². The molecule has 0 saturated carbocycles. The summed E-state index contributed by atoms with van der Waals surface area (Å²) in [5.74, 6) is -0.0350. The number of hydrogen-bond acceptors (Lipinski definition) is 4. The number of nitrogens with zero attached hydrogens (tertiary/aromatic N) is 2. The Hall–Kier alpha value is -2.19. The van der Waals surface area contributed by atoms with Crippen LogP contribution in [-0.2, 0) is 22.6 Å². The second-order valence-corrected chi connectivity index (χ2v) is 6.63. The Kier molecular flexibility index (Phi) is 4.80. The molecule has 2 aliphatic heterocycles. The Balaban J connectivity index is 1.75. The Morgan fingerprint density at radius 2 is 1.84 bits per heavy atom. The van der Waals surface area contributed by atoms with Gasteiger partial charge in [-0.05, 0) is 22.3 Å². The molecule has 0 aliphatic carbocycles. The average Bonchev–Trinajstić information content (AvgIpc) is 2.69. The van der Waals surface area contributed by atoms with E-state index in [1.807, 2.05) is 18.2 Å². The number of hydrogen-bond donors (Lipinski definition) is 0. The summed E-state index contributed by atoms with van der Waals surface area (Å²) in [5.41, 5.74) is 4.92. The molecule has 2 heterocycles. The summed E-state index contributed by atoms with van der Waals surface area (Å²) >= 11 is 0. The molecule has 2 aromatic carbocycles. The molecule has 1 saturated heterocycles. The third kappa shape index (κ3) is 3.32. The third-order valence-corrected chi connectivity index (χ3v) is 5.10. The second kappa shape index (κ2) is 7.37. The summed E-state index contributed by atoms with van der Waals surface area (Å²) in [4.78, 5) is 2.43. The fourth-order valence-electron chi connectivity index (χ4n) is 3.87. The first-order valence-corrected chi connectivity index (χ1v) is 8.84. The number of fused-ring (bicyclic) bond motifs is 1. The van der Waals surface area contributed by atoms with Crippen molar-refractivity contribution < 1.29 is 9.47 Å². The summed E-state index contributed by atoms with van der Waals surface area (Å²) in [6, 6.07) is 19.1. The van der Waals surface area contributed by atoms with E-state index in [-0.39, 0.29) is 5.92 Å². The van der Waals surface area contributed by atoms with E-state index in [0.29, 0.717) is 6.61 Å². The highest BCUT2D eigenvalue weighted by Gasteiger charge is 2.33. The molecular weight excluding hydrogens is 312 g/mol. The van der Waals surface area contributed by atoms with Gasteiger partial charge in [-0.15, -0.1) is 0 Å². The molecule has 0 N–H and O–H groups in total. The summed E-state index contributed by atoms with van der Waals surface area (Å²) in [5, 5.41) is 9.66. The minimum atomic E-state index is -0.444. The molecular formula is C21H22N2O2. The van der Waals surface area contributed by atoms with Crippen molar-refractivity contribution in [3.8, 4) is 6.07 Å². The van der Waals surface area contributed by atoms with Gasteiger partial charge in [0.1, 0.15) is 0 Å². The lowest BCUT2D eigenvalue weighted by molar-refractivity contribution is 0.0326. The second-order valence-electron chi connectivity index (χ2n) is 6.63. The standard InChI is InChI=1S/C21H22N2O2/c22-13-19-21(16-5-2-1-3-6-16)20-17(7-4-8-18(20)15-25-19)14-23-9-11-24-12-10-23/h1-8,19,21H,9-12,14-15H2. The molecule has 0 amide bonds.